The molecular weight excluding hydrogens is 541 g/mol. The van der Waals surface area contributed by atoms with E-state index >= 15 is 0 Å². The second-order valence-electron chi connectivity index (χ2n) is 12.0. The van der Waals surface area contributed by atoms with Gasteiger partial charge in [0.1, 0.15) is 11.6 Å². The number of rotatable bonds is 11. The quantitative estimate of drug-likeness (QED) is 0.341. The van der Waals surface area contributed by atoms with Gasteiger partial charge in [0, 0.05) is 46.4 Å². The van der Waals surface area contributed by atoms with Crippen molar-refractivity contribution >= 4 is 28.8 Å². The van der Waals surface area contributed by atoms with Gasteiger partial charge in [0.25, 0.3) is 5.56 Å². The number of ether oxygens (including phenoxy) is 1. The van der Waals surface area contributed by atoms with Crippen LogP contribution in [0.2, 0.25) is 0 Å². The number of aromatic amines is 1. The number of H-pyrrole nitrogens is 1. The highest BCUT2D eigenvalue weighted by Crippen LogP contribution is 2.27. The van der Waals surface area contributed by atoms with Crippen LogP contribution in [0.5, 0.6) is 0 Å². The lowest BCUT2D eigenvalue weighted by atomic mass is 9.87. The van der Waals surface area contributed by atoms with Gasteiger partial charge in [-0.1, -0.05) is 32.9 Å². The lowest BCUT2D eigenvalue weighted by molar-refractivity contribution is -0.127. The number of hydrogen-bond donors (Lipinski definition) is 1. The summed E-state index contributed by atoms with van der Waals surface area (Å²) in [6.07, 6.45) is 3.69. The van der Waals surface area contributed by atoms with Crippen molar-refractivity contribution in [2.75, 3.05) is 28.2 Å². The van der Waals surface area contributed by atoms with Gasteiger partial charge in [0.05, 0.1) is 17.6 Å². The molecule has 3 aromatic rings. The predicted octanol–water partition coefficient (Wildman–Crippen LogP) is 4.10. The second kappa shape index (κ2) is 13.6. The Balaban J connectivity index is 1.80. The summed E-state index contributed by atoms with van der Waals surface area (Å²) < 4.78 is 21.1. The average Bonchev–Trinajstić information content (AvgIpc) is 3.29. The van der Waals surface area contributed by atoms with Crippen molar-refractivity contribution < 1.29 is 23.5 Å². The van der Waals surface area contributed by atoms with Crippen molar-refractivity contribution in [3.05, 3.63) is 75.7 Å². The molecule has 0 saturated heterocycles. The fourth-order valence-corrected chi connectivity index (χ4v) is 4.38. The van der Waals surface area contributed by atoms with Crippen LogP contribution in [0.1, 0.15) is 50.6 Å². The number of carbonyl (C=O) groups is 3. The molecule has 1 N–H and O–H groups in total. The topological polar surface area (TPSA) is 118 Å². The van der Waals surface area contributed by atoms with Crippen LogP contribution in [-0.2, 0) is 33.7 Å². The number of nitrogens with one attached hydrogen (secondary N) is 1. The molecule has 0 saturated carbocycles. The summed E-state index contributed by atoms with van der Waals surface area (Å²) in [6, 6.07) is 6.10. The van der Waals surface area contributed by atoms with Crippen LogP contribution >= 0.6 is 0 Å². The van der Waals surface area contributed by atoms with Gasteiger partial charge in [-0.2, -0.15) is 0 Å². The molecule has 0 aliphatic rings. The van der Waals surface area contributed by atoms with Crippen LogP contribution < -0.4 is 5.56 Å². The molecule has 0 aliphatic heterocycles. The fourth-order valence-electron chi connectivity index (χ4n) is 4.38. The lowest BCUT2D eigenvalue weighted by Gasteiger charge is -2.19. The third-order valence-corrected chi connectivity index (χ3v) is 6.45. The Kier molecular flexibility index (Phi) is 10.4. The smallest absolute Gasteiger partial charge is 0.409 e. The van der Waals surface area contributed by atoms with Crippen molar-refractivity contribution in [2.24, 2.45) is 5.41 Å². The Labute approximate surface area is 245 Å². The van der Waals surface area contributed by atoms with Crippen LogP contribution in [0.3, 0.4) is 0 Å². The van der Waals surface area contributed by atoms with Crippen molar-refractivity contribution in [1.29, 1.82) is 0 Å². The number of aromatic nitrogens is 3. The third-order valence-electron chi connectivity index (χ3n) is 6.45. The zero-order valence-electron chi connectivity index (χ0n) is 25.4. The maximum atomic E-state index is 14.3. The first kappa shape index (κ1) is 32.2. The van der Waals surface area contributed by atoms with Gasteiger partial charge in [0.15, 0.2) is 11.9 Å². The molecule has 0 fully saturated rings. The van der Waals surface area contributed by atoms with Crippen molar-refractivity contribution in [3.63, 3.8) is 0 Å². The van der Waals surface area contributed by atoms with Gasteiger partial charge in [0.2, 0.25) is 5.91 Å². The molecule has 42 heavy (non-hydrogen) atoms. The number of carbonyl (C=O) groups excluding carboxylic acids is 3. The summed E-state index contributed by atoms with van der Waals surface area (Å²) in [7, 11) is 6.27. The Morgan fingerprint density at radius 2 is 1.83 bits per heavy atom. The minimum Gasteiger partial charge on any atom is -0.438 e. The Morgan fingerprint density at radius 1 is 1.12 bits per heavy atom. The molecule has 2 heterocycles. The average molecular weight is 582 g/mol. The fraction of sp³-hybridized carbons (Fsp3) is 0.452. The first-order chi connectivity index (χ1) is 19.6. The zero-order chi connectivity index (χ0) is 31.2. The SMILES string of the molecule is CN(C)C(=O)/C=C/CC[C@H](OC(=O)N(C)C)C(=O)Cc1cccn(Cc2nc3c(CC(C)(C)C)cc(F)cc3[nH]2)c1=O. The number of nitrogens with zero attached hydrogens (tertiary/aromatic N) is 4. The molecule has 0 unspecified atom stereocenters. The number of halogens is 1. The molecule has 3 rings (SSSR count). The van der Waals surface area contributed by atoms with Crippen LogP contribution in [0, 0.1) is 11.2 Å². The molecule has 1 aromatic carbocycles. The number of amides is 2. The van der Waals surface area contributed by atoms with Crippen LogP contribution in [0.25, 0.3) is 11.0 Å². The van der Waals surface area contributed by atoms with E-state index in [4.69, 9.17) is 4.74 Å². The van der Waals surface area contributed by atoms with E-state index in [1.165, 1.54) is 46.7 Å². The highest BCUT2D eigenvalue weighted by Gasteiger charge is 2.25. The molecule has 11 heteroatoms. The molecule has 1 atom stereocenters. The third kappa shape index (κ3) is 8.86. The monoisotopic (exact) mass is 581 g/mol. The normalized spacial score (nSPS) is 12.5. The van der Waals surface area contributed by atoms with E-state index in [2.05, 4.69) is 30.7 Å². The molecule has 0 spiro atoms. The van der Waals surface area contributed by atoms with Crippen molar-refractivity contribution in [1.82, 2.24) is 24.3 Å². The summed E-state index contributed by atoms with van der Waals surface area (Å²) in [5.41, 5.74) is 1.77. The number of hydrogen-bond acceptors (Lipinski definition) is 6. The zero-order valence-corrected chi connectivity index (χ0v) is 25.4. The standard InChI is InChI=1S/C31H40FN5O5/c1-31(2,3)18-21-15-22(32)17-23-28(21)34-26(33-23)19-37-14-10-11-20(29(37)40)16-24(38)25(42-30(41)36(6)7)12-8-9-13-27(39)35(4)5/h9-11,13-15,17,25H,8,12,16,18-19H2,1-7H3,(H,33,34)/b13-9+/t25-/m0/s1. The van der Waals surface area contributed by atoms with Crippen LogP contribution in [0.15, 0.2) is 47.4 Å². The minimum absolute atomic E-state index is 0.0731. The number of allylic oxidation sites excluding steroid dienone is 1. The Hall–Kier alpha value is -4.28. The minimum atomic E-state index is -1.10. The van der Waals surface area contributed by atoms with E-state index in [9.17, 15) is 23.6 Å². The lowest BCUT2D eigenvalue weighted by Crippen LogP contribution is -2.35. The molecule has 2 aromatic heterocycles. The maximum absolute atomic E-state index is 14.3. The molecule has 0 radical (unpaired) electrons. The number of pyridine rings is 1. The van der Waals surface area contributed by atoms with Crippen LogP contribution in [-0.4, -0.2) is 76.4 Å². The highest BCUT2D eigenvalue weighted by molar-refractivity contribution is 5.88. The summed E-state index contributed by atoms with van der Waals surface area (Å²) in [4.78, 5) is 61.0. The molecule has 10 nitrogen and oxygen atoms in total. The number of likely N-dealkylation sites (N-methyl/N-ethyl adjacent to an activating group) is 1. The first-order valence-corrected chi connectivity index (χ1v) is 13.8. The summed E-state index contributed by atoms with van der Waals surface area (Å²) >= 11 is 0. The van der Waals surface area contributed by atoms with E-state index < -0.39 is 18.0 Å². The predicted molar refractivity (Wildman–Crippen MR) is 159 cm³/mol. The summed E-state index contributed by atoms with van der Waals surface area (Å²) in [5, 5.41) is 0. The number of benzene rings is 1. The molecule has 2 amide bonds. The van der Waals surface area contributed by atoms with Crippen LogP contribution in [0.4, 0.5) is 9.18 Å². The van der Waals surface area contributed by atoms with Gasteiger partial charge in [-0.25, -0.2) is 14.2 Å². The maximum Gasteiger partial charge on any atom is 0.409 e. The number of imidazole rings is 1. The van der Waals surface area contributed by atoms with Gasteiger partial charge in [-0.15, -0.1) is 0 Å². The largest absolute Gasteiger partial charge is 0.438 e. The first-order valence-electron chi connectivity index (χ1n) is 13.8. The van der Waals surface area contributed by atoms with Crippen molar-refractivity contribution in [3.8, 4) is 0 Å². The number of Topliss-reactive ketones (excluding diaryl/α,β-unsaturated/α-hetero) is 1. The number of fused-ring (bicyclic) bond motifs is 1. The van der Waals surface area contributed by atoms with Gasteiger partial charge < -0.3 is 24.1 Å². The molecular formula is C31H40FN5O5. The summed E-state index contributed by atoms with van der Waals surface area (Å²) in [6.45, 7) is 6.30. The summed E-state index contributed by atoms with van der Waals surface area (Å²) in [5.74, 6) is -0.515. The molecule has 0 aliphatic carbocycles. The van der Waals surface area contributed by atoms with E-state index in [0.717, 1.165) is 5.56 Å². The Morgan fingerprint density at radius 3 is 2.48 bits per heavy atom. The second-order valence-corrected chi connectivity index (χ2v) is 12.0. The van der Waals surface area contributed by atoms with E-state index in [-0.39, 0.29) is 47.6 Å². The molecule has 226 valence electrons. The Bertz CT molecular complexity index is 1530. The van der Waals surface area contributed by atoms with E-state index in [0.29, 0.717) is 29.7 Å². The van der Waals surface area contributed by atoms with Crippen molar-refractivity contribution in [2.45, 2.75) is 59.1 Å². The van der Waals surface area contributed by atoms with Gasteiger partial charge >= 0.3 is 6.09 Å². The molecule has 0 bridgehead atoms. The number of ketones is 1. The highest BCUT2D eigenvalue weighted by atomic mass is 19.1. The van der Waals surface area contributed by atoms with E-state index in [1.807, 2.05) is 0 Å². The van der Waals surface area contributed by atoms with Gasteiger partial charge in [-0.3, -0.25) is 14.4 Å². The van der Waals surface area contributed by atoms with Gasteiger partial charge in [-0.05, 0) is 54.5 Å². The van der Waals surface area contributed by atoms with E-state index in [1.54, 1.807) is 38.5 Å².